The second kappa shape index (κ2) is 9.79. The molecule has 2 fully saturated rings. The van der Waals surface area contributed by atoms with E-state index in [1.807, 2.05) is 6.92 Å². The quantitative estimate of drug-likeness (QED) is 0.641. The highest BCUT2D eigenvalue weighted by Gasteiger charge is 2.48. The van der Waals surface area contributed by atoms with E-state index < -0.39 is 11.8 Å². The molecule has 30 heavy (non-hydrogen) atoms. The summed E-state index contributed by atoms with van der Waals surface area (Å²) in [6.45, 7) is 1.68. The van der Waals surface area contributed by atoms with E-state index >= 15 is 0 Å². The molecule has 0 radical (unpaired) electrons. The summed E-state index contributed by atoms with van der Waals surface area (Å²) < 4.78 is 0. The van der Waals surface area contributed by atoms with Crippen LogP contribution < -0.4 is 5.32 Å². The van der Waals surface area contributed by atoms with Gasteiger partial charge in [-0.25, -0.2) is 0 Å². The molecule has 162 valence electrons. The number of carbonyl (C=O) groups excluding carboxylic acids is 4. The normalized spacial score (nSPS) is 20.8. The summed E-state index contributed by atoms with van der Waals surface area (Å²) in [6.07, 6.45) is 3.87. The van der Waals surface area contributed by atoms with Crippen LogP contribution in [0, 0.1) is 11.8 Å². The van der Waals surface area contributed by atoms with Crippen LogP contribution in [0.5, 0.6) is 0 Å². The number of benzene rings is 1. The van der Waals surface area contributed by atoms with E-state index in [1.165, 1.54) is 11.0 Å². The largest absolute Gasteiger partial charge is 0.332 e. The lowest BCUT2D eigenvalue weighted by Crippen LogP contribution is -2.46. The number of carbonyl (C=O) groups is 4. The Balaban J connectivity index is 1.64. The van der Waals surface area contributed by atoms with E-state index in [9.17, 15) is 19.2 Å². The first-order chi connectivity index (χ1) is 14.3. The van der Waals surface area contributed by atoms with Crippen LogP contribution in [-0.2, 0) is 19.2 Å². The van der Waals surface area contributed by atoms with Crippen LogP contribution in [-0.4, -0.2) is 53.1 Å². The fourth-order valence-corrected chi connectivity index (χ4v) is 4.48. The maximum absolute atomic E-state index is 12.8. The molecule has 4 amide bonds. The van der Waals surface area contributed by atoms with Gasteiger partial charge in [0.05, 0.1) is 29.1 Å². The Bertz CT molecular complexity index is 837. The maximum Gasteiger partial charge on any atom is 0.244 e. The van der Waals surface area contributed by atoms with E-state index in [0.29, 0.717) is 41.5 Å². The second-order valence-electron chi connectivity index (χ2n) is 7.75. The van der Waals surface area contributed by atoms with Gasteiger partial charge in [-0.1, -0.05) is 43.0 Å². The van der Waals surface area contributed by atoms with Crippen molar-refractivity contribution in [2.75, 3.05) is 25.0 Å². The SMILES string of the molecule is CCCN(CC(=O)Nc1cc(Cl)ccc1Cl)C(=O)CN1C(=O)[C@H]2CCCC[C@H]2C1=O. The summed E-state index contributed by atoms with van der Waals surface area (Å²) in [5.41, 5.74) is 0.354. The number of hydrogen-bond donors (Lipinski definition) is 1. The molecule has 1 aromatic rings. The fraction of sp³-hybridized carbons (Fsp3) is 0.524. The standard InChI is InChI=1S/C21H25Cl2N3O4/c1-2-9-25(11-18(27)24-17-10-13(22)7-8-16(17)23)19(28)12-26-20(29)14-5-3-4-6-15(14)21(26)30/h7-8,10,14-15H,2-6,9,11-12H2,1H3,(H,24,27)/t14-,15+. The van der Waals surface area contributed by atoms with Crippen LogP contribution in [0.1, 0.15) is 39.0 Å². The average molecular weight is 454 g/mol. The molecule has 1 saturated heterocycles. The molecule has 1 aliphatic heterocycles. The molecule has 1 saturated carbocycles. The summed E-state index contributed by atoms with van der Waals surface area (Å²) in [4.78, 5) is 53.0. The zero-order valence-corrected chi connectivity index (χ0v) is 18.3. The fourth-order valence-electron chi connectivity index (χ4n) is 4.14. The molecule has 0 spiro atoms. The van der Waals surface area contributed by atoms with Crippen molar-refractivity contribution in [2.45, 2.75) is 39.0 Å². The van der Waals surface area contributed by atoms with Crippen molar-refractivity contribution in [3.8, 4) is 0 Å². The van der Waals surface area contributed by atoms with E-state index in [4.69, 9.17) is 23.2 Å². The predicted octanol–water partition coefficient (Wildman–Crippen LogP) is 3.35. The van der Waals surface area contributed by atoms with Crippen LogP contribution in [0.4, 0.5) is 5.69 Å². The Labute approximate surface area is 185 Å². The number of likely N-dealkylation sites (tertiary alicyclic amines) is 1. The maximum atomic E-state index is 12.8. The molecule has 9 heteroatoms. The molecule has 1 aromatic carbocycles. The summed E-state index contributed by atoms with van der Waals surface area (Å²) in [7, 11) is 0. The van der Waals surface area contributed by atoms with Crippen LogP contribution >= 0.6 is 23.2 Å². The van der Waals surface area contributed by atoms with E-state index in [-0.39, 0.29) is 36.7 Å². The molecule has 1 heterocycles. The van der Waals surface area contributed by atoms with Crippen LogP contribution in [0.2, 0.25) is 10.0 Å². The molecule has 1 N–H and O–H groups in total. The molecule has 0 aromatic heterocycles. The van der Waals surface area contributed by atoms with Crippen LogP contribution in [0.15, 0.2) is 18.2 Å². The molecule has 2 atom stereocenters. The Morgan fingerprint density at radius 1 is 1.13 bits per heavy atom. The number of imide groups is 1. The number of amides is 4. The third-order valence-corrected chi connectivity index (χ3v) is 6.17. The summed E-state index contributed by atoms with van der Waals surface area (Å²) in [6, 6.07) is 4.70. The Morgan fingerprint density at radius 2 is 1.77 bits per heavy atom. The van der Waals surface area contributed by atoms with Crippen molar-refractivity contribution < 1.29 is 19.2 Å². The van der Waals surface area contributed by atoms with Crippen molar-refractivity contribution in [1.82, 2.24) is 9.80 Å². The monoisotopic (exact) mass is 453 g/mol. The zero-order valence-electron chi connectivity index (χ0n) is 16.8. The van der Waals surface area contributed by atoms with Gasteiger partial charge in [0.1, 0.15) is 6.54 Å². The highest BCUT2D eigenvalue weighted by molar-refractivity contribution is 6.35. The van der Waals surface area contributed by atoms with Gasteiger partial charge < -0.3 is 10.2 Å². The van der Waals surface area contributed by atoms with Crippen molar-refractivity contribution in [3.05, 3.63) is 28.2 Å². The Kier molecular flexibility index (Phi) is 7.36. The number of rotatable bonds is 7. The van der Waals surface area contributed by atoms with Crippen LogP contribution in [0.3, 0.4) is 0 Å². The highest BCUT2D eigenvalue weighted by Crippen LogP contribution is 2.37. The molecular formula is C21H25Cl2N3O4. The molecule has 0 unspecified atom stereocenters. The summed E-state index contributed by atoms with van der Waals surface area (Å²) >= 11 is 12.0. The van der Waals surface area contributed by atoms with Crippen molar-refractivity contribution in [2.24, 2.45) is 11.8 Å². The van der Waals surface area contributed by atoms with Gasteiger partial charge >= 0.3 is 0 Å². The van der Waals surface area contributed by atoms with Gasteiger partial charge in [-0.2, -0.15) is 0 Å². The second-order valence-corrected chi connectivity index (χ2v) is 8.59. The Morgan fingerprint density at radius 3 is 2.37 bits per heavy atom. The molecule has 0 bridgehead atoms. The molecule has 2 aliphatic rings. The number of nitrogens with one attached hydrogen (secondary N) is 1. The minimum Gasteiger partial charge on any atom is -0.332 e. The van der Waals surface area contributed by atoms with Crippen molar-refractivity contribution in [1.29, 1.82) is 0 Å². The third kappa shape index (κ3) is 4.95. The number of halogens is 2. The lowest BCUT2D eigenvalue weighted by molar-refractivity contribution is -0.147. The van der Waals surface area contributed by atoms with Gasteiger partial charge in [-0.3, -0.25) is 24.1 Å². The minimum absolute atomic E-state index is 0.210. The van der Waals surface area contributed by atoms with Crippen molar-refractivity contribution >= 4 is 52.5 Å². The van der Waals surface area contributed by atoms with Crippen molar-refractivity contribution in [3.63, 3.8) is 0 Å². The lowest BCUT2D eigenvalue weighted by Gasteiger charge is -2.24. The summed E-state index contributed by atoms with van der Waals surface area (Å²) in [5.74, 6) is -1.98. The third-order valence-electron chi connectivity index (χ3n) is 5.61. The smallest absolute Gasteiger partial charge is 0.244 e. The number of nitrogens with zero attached hydrogens (tertiary/aromatic N) is 2. The van der Waals surface area contributed by atoms with Gasteiger partial charge in [0.2, 0.25) is 23.6 Å². The summed E-state index contributed by atoms with van der Waals surface area (Å²) in [5, 5.41) is 3.40. The van der Waals surface area contributed by atoms with E-state index in [0.717, 1.165) is 17.7 Å². The average Bonchev–Trinajstić information content (AvgIpc) is 2.95. The number of hydrogen-bond acceptors (Lipinski definition) is 4. The van der Waals surface area contributed by atoms with Gasteiger partial charge in [-0.15, -0.1) is 0 Å². The predicted molar refractivity (Wildman–Crippen MR) is 114 cm³/mol. The molecular weight excluding hydrogens is 429 g/mol. The first-order valence-electron chi connectivity index (χ1n) is 10.2. The first kappa shape index (κ1) is 22.6. The van der Waals surface area contributed by atoms with E-state index in [2.05, 4.69) is 5.32 Å². The zero-order chi connectivity index (χ0) is 21.8. The highest BCUT2D eigenvalue weighted by atomic mass is 35.5. The van der Waals surface area contributed by atoms with E-state index in [1.54, 1.807) is 12.1 Å². The van der Waals surface area contributed by atoms with Gasteiger partial charge in [0, 0.05) is 11.6 Å². The molecule has 7 nitrogen and oxygen atoms in total. The van der Waals surface area contributed by atoms with Gasteiger partial charge in [0.25, 0.3) is 0 Å². The minimum atomic E-state index is -0.436. The van der Waals surface area contributed by atoms with Gasteiger partial charge in [0.15, 0.2) is 0 Å². The first-order valence-corrected chi connectivity index (χ1v) is 10.9. The lowest BCUT2D eigenvalue weighted by atomic mass is 9.81. The number of fused-ring (bicyclic) bond motifs is 1. The van der Waals surface area contributed by atoms with Crippen LogP contribution in [0.25, 0.3) is 0 Å². The Hall–Kier alpha value is -2.12. The molecule has 1 aliphatic carbocycles. The number of anilines is 1. The molecule has 3 rings (SSSR count). The van der Waals surface area contributed by atoms with Gasteiger partial charge in [-0.05, 0) is 37.5 Å². The topological polar surface area (TPSA) is 86.8 Å².